The predicted octanol–water partition coefficient (Wildman–Crippen LogP) is 0.840. The Morgan fingerprint density at radius 2 is 1.94 bits per heavy atom. The average molecular weight is 242 g/mol. The standard InChI is InChI=1S/C12H22N2O3/c1-12(2,3)14(8-11(16)17)7-6-10(15)13-9-4-5-9/h9H,4-8H2,1-3H3,(H,13,15)(H,16,17). The molecule has 0 aromatic carbocycles. The monoisotopic (exact) mass is 242 g/mol. The molecule has 17 heavy (non-hydrogen) atoms. The Hall–Kier alpha value is -1.10. The molecule has 1 amide bonds. The molecule has 0 radical (unpaired) electrons. The summed E-state index contributed by atoms with van der Waals surface area (Å²) in [6.45, 7) is 6.31. The lowest BCUT2D eigenvalue weighted by Crippen LogP contribution is -2.46. The van der Waals surface area contributed by atoms with E-state index in [1.807, 2.05) is 25.7 Å². The molecule has 98 valence electrons. The summed E-state index contributed by atoms with van der Waals surface area (Å²) in [6, 6.07) is 0.366. The number of hydrogen-bond acceptors (Lipinski definition) is 3. The molecule has 0 aromatic heterocycles. The third-order valence-corrected chi connectivity index (χ3v) is 2.83. The minimum Gasteiger partial charge on any atom is -0.480 e. The van der Waals surface area contributed by atoms with Gasteiger partial charge in [0, 0.05) is 24.5 Å². The third kappa shape index (κ3) is 5.68. The minimum atomic E-state index is -0.859. The maximum atomic E-state index is 11.5. The molecule has 0 aromatic rings. The van der Waals surface area contributed by atoms with Crippen LogP contribution in [0.25, 0.3) is 0 Å². The highest BCUT2D eigenvalue weighted by molar-refractivity contribution is 5.77. The number of aliphatic carboxylic acids is 1. The predicted molar refractivity (Wildman–Crippen MR) is 64.7 cm³/mol. The van der Waals surface area contributed by atoms with Crippen LogP contribution in [0.15, 0.2) is 0 Å². The molecule has 0 bridgehead atoms. The van der Waals surface area contributed by atoms with E-state index in [0.717, 1.165) is 12.8 Å². The van der Waals surface area contributed by atoms with Crippen molar-refractivity contribution < 1.29 is 14.7 Å². The van der Waals surface area contributed by atoms with Crippen LogP contribution >= 0.6 is 0 Å². The Morgan fingerprint density at radius 3 is 2.35 bits per heavy atom. The molecule has 5 heteroatoms. The lowest BCUT2D eigenvalue weighted by molar-refractivity contribution is -0.140. The molecule has 1 aliphatic rings. The zero-order valence-corrected chi connectivity index (χ0v) is 10.8. The van der Waals surface area contributed by atoms with Crippen LogP contribution in [0, 0.1) is 0 Å². The molecule has 5 nitrogen and oxygen atoms in total. The Labute approximate surface area is 102 Å². The Bertz CT molecular complexity index is 293. The fourth-order valence-corrected chi connectivity index (χ4v) is 1.58. The number of nitrogens with zero attached hydrogens (tertiary/aromatic N) is 1. The second-order valence-electron chi connectivity index (χ2n) is 5.58. The van der Waals surface area contributed by atoms with E-state index in [4.69, 9.17) is 5.11 Å². The lowest BCUT2D eigenvalue weighted by Gasteiger charge is -2.34. The Kier molecular flexibility index (Phi) is 4.51. The molecular formula is C12H22N2O3. The van der Waals surface area contributed by atoms with Gasteiger partial charge in [0.1, 0.15) is 0 Å². The van der Waals surface area contributed by atoms with Gasteiger partial charge in [-0.3, -0.25) is 14.5 Å². The molecule has 0 atom stereocenters. The van der Waals surface area contributed by atoms with Gasteiger partial charge in [-0.15, -0.1) is 0 Å². The van der Waals surface area contributed by atoms with Crippen LogP contribution in [0.1, 0.15) is 40.0 Å². The summed E-state index contributed by atoms with van der Waals surface area (Å²) < 4.78 is 0. The van der Waals surface area contributed by atoms with E-state index in [-0.39, 0.29) is 18.0 Å². The van der Waals surface area contributed by atoms with Crippen LogP contribution in [-0.4, -0.2) is 46.6 Å². The minimum absolute atomic E-state index is 0.0205. The van der Waals surface area contributed by atoms with Crippen molar-refractivity contribution in [2.24, 2.45) is 0 Å². The molecule has 0 spiro atoms. The van der Waals surface area contributed by atoms with E-state index >= 15 is 0 Å². The first-order valence-electron chi connectivity index (χ1n) is 6.05. The zero-order chi connectivity index (χ0) is 13.1. The van der Waals surface area contributed by atoms with Crippen LogP contribution in [0.4, 0.5) is 0 Å². The summed E-state index contributed by atoms with van der Waals surface area (Å²) in [5.74, 6) is -0.838. The molecule has 0 saturated heterocycles. The largest absolute Gasteiger partial charge is 0.480 e. The van der Waals surface area contributed by atoms with Gasteiger partial charge in [-0.2, -0.15) is 0 Å². The van der Waals surface area contributed by atoms with Gasteiger partial charge in [0.15, 0.2) is 0 Å². The number of nitrogens with one attached hydrogen (secondary N) is 1. The molecule has 1 rings (SSSR count). The fourth-order valence-electron chi connectivity index (χ4n) is 1.58. The van der Waals surface area contributed by atoms with Crippen molar-refractivity contribution in [3.63, 3.8) is 0 Å². The first-order valence-corrected chi connectivity index (χ1v) is 6.05. The van der Waals surface area contributed by atoms with Crippen molar-refractivity contribution in [1.82, 2.24) is 10.2 Å². The maximum absolute atomic E-state index is 11.5. The van der Waals surface area contributed by atoms with Crippen LogP contribution in [-0.2, 0) is 9.59 Å². The highest BCUT2D eigenvalue weighted by Crippen LogP contribution is 2.19. The van der Waals surface area contributed by atoms with Crippen molar-refractivity contribution >= 4 is 11.9 Å². The first-order chi connectivity index (χ1) is 7.79. The molecule has 1 saturated carbocycles. The number of carbonyl (C=O) groups excluding carboxylic acids is 1. The smallest absolute Gasteiger partial charge is 0.317 e. The third-order valence-electron chi connectivity index (χ3n) is 2.83. The highest BCUT2D eigenvalue weighted by atomic mass is 16.4. The number of rotatable bonds is 6. The van der Waals surface area contributed by atoms with E-state index in [9.17, 15) is 9.59 Å². The topological polar surface area (TPSA) is 69.6 Å². The number of amides is 1. The maximum Gasteiger partial charge on any atom is 0.317 e. The summed E-state index contributed by atoms with van der Waals surface area (Å²) in [5.41, 5.74) is -0.238. The summed E-state index contributed by atoms with van der Waals surface area (Å²) in [7, 11) is 0. The quantitative estimate of drug-likeness (QED) is 0.724. The van der Waals surface area contributed by atoms with Gasteiger partial charge in [-0.25, -0.2) is 0 Å². The molecule has 1 aliphatic carbocycles. The number of carboxylic acid groups (broad SMARTS) is 1. The van der Waals surface area contributed by atoms with Gasteiger partial charge < -0.3 is 10.4 Å². The Morgan fingerprint density at radius 1 is 1.35 bits per heavy atom. The SMILES string of the molecule is CC(C)(C)N(CCC(=O)NC1CC1)CC(=O)O. The van der Waals surface area contributed by atoms with Crippen molar-refractivity contribution in [2.45, 2.75) is 51.6 Å². The second-order valence-corrected chi connectivity index (χ2v) is 5.58. The van der Waals surface area contributed by atoms with E-state index in [1.165, 1.54) is 0 Å². The summed E-state index contributed by atoms with van der Waals surface area (Å²) in [5, 5.41) is 11.7. The van der Waals surface area contributed by atoms with E-state index in [2.05, 4.69) is 5.32 Å². The van der Waals surface area contributed by atoms with Gasteiger partial charge >= 0.3 is 5.97 Å². The van der Waals surface area contributed by atoms with Gasteiger partial charge in [0.05, 0.1) is 6.54 Å². The van der Waals surface area contributed by atoms with Crippen LogP contribution in [0.3, 0.4) is 0 Å². The highest BCUT2D eigenvalue weighted by Gasteiger charge is 2.26. The van der Waals surface area contributed by atoms with Crippen molar-refractivity contribution in [2.75, 3.05) is 13.1 Å². The zero-order valence-electron chi connectivity index (χ0n) is 10.8. The molecule has 0 aliphatic heterocycles. The lowest BCUT2D eigenvalue weighted by atomic mass is 10.1. The number of carboxylic acids is 1. The molecule has 2 N–H and O–H groups in total. The first kappa shape index (κ1) is 14.0. The summed E-state index contributed by atoms with van der Waals surface area (Å²) >= 11 is 0. The van der Waals surface area contributed by atoms with E-state index in [1.54, 1.807) is 0 Å². The Balaban J connectivity index is 2.36. The summed E-state index contributed by atoms with van der Waals surface area (Å²) in [4.78, 5) is 24.1. The van der Waals surface area contributed by atoms with Crippen molar-refractivity contribution in [3.05, 3.63) is 0 Å². The van der Waals surface area contributed by atoms with Gasteiger partial charge in [-0.05, 0) is 33.6 Å². The fraction of sp³-hybridized carbons (Fsp3) is 0.833. The van der Waals surface area contributed by atoms with Gasteiger partial charge in [-0.1, -0.05) is 0 Å². The van der Waals surface area contributed by atoms with E-state index in [0.29, 0.717) is 19.0 Å². The van der Waals surface area contributed by atoms with Gasteiger partial charge in [0.25, 0.3) is 0 Å². The van der Waals surface area contributed by atoms with Gasteiger partial charge in [0.2, 0.25) is 5.91 Å². The second kappa shape index (κ2) is 5.49. The van der Waals surface area contributed by atoms with Crippen LogP contribution in [0.5, 0.6) is 0 Å². The van der Waals surface area contributed by atoms with Crippen molar-refractivity contribution in [1.29, 1.82) is 0 Å². The number of hydrogen-bond donors (Lipinski definition) is 2. The molecule has 0 unspecified atom stereocenters. The number of carbonyl (C=O) groups is 2. The van der Waals surface area contributed by atoms with Crippen LogP contribution < -0.4 is 5.32 Å². The van der Waals surface area contributed by atoms with E-state index < -0.39 is 5.97 Å². The molecule has 0 heterocycles. The molecule has 1 fully saturated rings. The normalized spacial score (nSPS) is 16.0. The summed E-state index contributed by atoms with van der Waals surface area (Å²) in [6.07, 6.45) is 2.51. The van der Waals surface area contributed by atoms with Crippen molar-refractivity contribution in [3.8, 4) is 0 Å². The molecular weight excluding hydrogens is 220 g/mol. The average Bonchev–Trinajstić information content (AvgIpc) is 2.93. The van der Waals surface area contributed by atoms with Crippen LogP contribution in [0.2, 0.25) is 0 Å².